The quantitative estimate of drug-likeness (QED) is 0.140. The molecule has 3 aromatic rings. The normalized spacial score (nSPS) is 33.5. The van der Waals surface area contributed by atoms with E-state index in [1.165, 1.54) is 0 Å². The zero-order chi connectivity index (χ0) is 34.5. The molecule has 0 N–H and O–H groups in total. The molecule has 250 valence electrons. The molecule has 6 nitrogen and oxygen atoms in total. The van der Waals surface area contributed by atoms with E-state index in [0.29, 0.717) is 6.04 Å². The monoisotopic (exact) mass is 742 g/mol. The molecule has 5 rings (SSSR count). The molecule has 0 saturated carbocycles. The molecule has 0 spiro atoms. The summed E-state index contributed by atoms with van der Waals surface area (Å²) in [5.41, 5.74) is 6.63. The summed E-state index contributed by atoms with van der Waals surface area (Å²) in [7, 11) is -17.2. The summed E-state index contributed by atoms with van der Waals surface area (Å²) in [5, 5.41) is 2.87. The molecule has 2 fully saturated rings. The van der Waals surface area contributed by atoms with Crippen LogP contribution in [0.5, 0.6) is 0 Å². The lowest BCUT2D eigenvalue weighted by Crippen LogP contribution is -2.78. The summed E-state index contributed by atoms with van der Waals surface area (Å²) in [6.45, 7) is 27.1. The molecule has 4 atom stereocenters. The van der Waals surface area contributed by atoms with Crippen molar-refractivity contribution in [3.63, 3.8) is 0 Å². The first-order valence-corrected chi connectivity index (χ1v) is 29.4. The van der Waals surface area contributed by atoms with Crippen LogP contribution in [0.2, 0.25) is 37.8 Å². The summed E-state index contributed by atoms with van der Waals surface area (Å²) in [6.07, 6.45) is 8.09. The van der Waals surface area contributed by atoms with Gasteiger partial charge in [-0.2, -0.15) is 0 Å². The first-order valence-electron chi connectivity index (χ1n) is 16.2. The lowest BCUT2D eigenvalue weighted by Gasteiger charge is -2.50. The van der Waals surface area contributed by atoms with Gasteiger partial charge in [-0.05, 0) is 57.9 Å². The van der Waals surface area contributed by atoms with Gasteiger partial charge in [-0.25, -0.2) is 0 Å². The molecular formula is C36H46O6Si6. The molecule has 0 aromatic heterocycles. The van der Waals surface area contributed by atoms with E-state index in [-0.39, 0.29) is 0 Å². The van der Waals surface area contributed by atoms with Gasteiger partial charge in [-0.3, -0.25) is 0 Å². The second kappa shape index (κ2) is 14.6. The van der Waals surface area contributed by atoms with Crippen LogP contribution in [-0.2, 0) is 24.7 Å². The highest BCUT2D eigenvalue weighted by Gasteiger charge is 2.62. The summed E-state index contributed by atoms with van der Waals surface area (Å²) >= 11 is 0. The fraction of sp³-hybridized carbons (Fsp3) is 0.167. The van der Waals surface area contributed by atoms with Crippen molar-refractivity contribution in [1.82, 2.24) is 0 Å². The van der Waals surface area contributed by atoms with Gasteiger partial charge in [0.05, 0.1) is 0 Å². The van der Waals surface area contributed by atoms with Crippen molar-refractivity contribution < 1.29 is 24.7 Å². The molecule has 2 heterocycles. The summed E-state index contributed by atoms with van der Waals surface area (Å²) in [6, 6.07) is 30.7. The third kappa shape index (κ3) is 7.50. The predicted octanol–water partition coefficient (Wildman–Crippen LogP) is 6.94. The van der Waals surface area contributed by atoms with Gasteiger partial charge >= 0.3 is 51.4 Å². The van der Waals surface area contributed by atoms with Crippen molar-refractivity contribution in [2.24, 2.45) is 0 Å². The topological polar surface area (TPSA) is 55.4 Å². The van der Waals surface area contributed by atoms with E-state index in [4.69, 9.17) is 24.7 Å². The molecule has 48 heavy (non-hydrogen) atoms. The fourth-order valence-corrected chi connectivity index (χ4v) is 37.2. The SMILES string of the molecule is C=CC[Si]1(C)O[Si](C)(CC=C)O[Si](C)(C/C=C\c2ccc([Si]3(C=C)O[Si](C=C)(c4ccccc4)O[Si](C=C)(c4ccccc4)O3)cc2)O1. The maximum absolute atomic E-state index is 7.12. The first kappa shape index (κ1) is 36.4. The Morgan fingerprint density at radius 3 is 1.17 bits per heavy atom. The van der Waals surface area contributed by atoms with E-state index >= 15 is 0 Å². The molecule has 0 aliphatic carbocycles. The van der Waals surface area contributed by atoms with Crippen LogP contribution in [0, 0.1) is 0 Å². The third-order valence-electron chi connectivity index (χ3n) is 8.51. The standard InChI is InChI=1S/C36H46O6Si6/c1-9-30-43(6)37-44(7,31-10-2)39-45(8,38-43)32-20-21-33-26-28-36(29-27-33)48(13-5)41-46(11-3,34-22-16-14-17-23-34)40-47(12-4,42-48)35-24-18-15-19-25-35/h9-29H,1-5,30-32H2,6-8H3/b21-20-. The Labute approximate surface area is 292 Å². The zero-order valence-corrected chi connectivity index (χ0v) is 34.2. The van der Waals surface area contributed by atoms with E-state index in [9.17, 15) is 0 Å². The largest absolute Gasteiger partial charge is 0.415 e. The number of benzene rings is 3. The Morgan fingerprint density at radius 2 is 0.812 bits per heavy atom. The van der Waals surface area contributed by atoms with Crippen LogP contribution in [0.15, 0.2) is 153 Å². The molecule has 0 amide bonds. The van der Waals surface area contributed by atoms with Gasteiger partial charge in [-0.15, -0.1) is 32.9 Å². The van der Waals surface area contributed by atoms with Crippen LogP contribution < -0.4 is 15.6 Å². The Bertz CT molecular complexity index is 1590. The highest BCUT2D eigenvalue weighted by molar-refractivity contribution is 7.10. The number of hydrogen-bond donors (Lipinski definition) is 0. The molecule has 2 saturated heterocycles. The second-order valence-electron chi connectivity index (χ2n) is 12.6. The fourth-order valence-electron chi connectivity index (χ4n) is 6.48. The van der Waals surface area contributed by atoms with E-state index in [1.54, 1.807) is 0 Å². The van der Waals surface area contributed by atoms with Gasteiger partial charge in [0.1, 0.15) is 0 Å². The van der Waals surface area contributed by atoms with Gasteiger partial charge < -0.3 is 24.7 Å². The Morgan fingerprint density at radius 1 is 0.458 bits per heavy atom. The maximum atomic E-state index is 7.12. The highest BCUT2D eigenvalue weighted by Crippen LogP contribution is 2.37. The van der Waals surface area contributed by atoms with E-state index in [2.05, 4.69) is 89.0 Å². The van der Waals surface area contributed by atoms with Gasteiger partial charge in [0, 0.05) is 18.1 Å². The third-order valence-corrected chi connectivity index (χ3v) is 34.2. The summed E-state index contributed by atoms with van der Waals surface area (Å²) in [4.78, 5) is 0. The van der Waals surface area contributed by atoms with E-state index in [0.717, 1.165) is 33.2 Å². The van der Waals surface area contributed by atoms with Gasteiger partial charge in [-0.1, -0.05) is 109 Å². The zero-order valence-electron chi connectivity index (χ0n) is 28.2. The van der Waals surface area contributed by atoms with Crippen molar-refractivity contribution in [3.8, 4) is 0 Å². The Hall–Kier alpha value is -2.84. The smallest absolute Gasteiger partial charge is 0.382 e. The highest BCUT2D eigenvalue weighted by atomic mass is 28.5. The molecule has 12 heteroatoms. The van der Waals surface area contributed by atoms with Crippen LogP contribution in [0.25, 0.3) is 6.08 Å². The molecule has 2 aliphatic heterocycles. The van der Waals surface area contributed by atoms with Crippen LogP contribution in [0.4, 0.5) is 0 Å². The summed E-state index contributed by atoms with van der Waals surface area (Å²) in [5.74, 6) is 0. The molecule has 3 aromatic carbocycles. The van der Waals surface area contributed by atoms with Crippen molar-refractivity contribution in [1.29, 1.82) is 0 Å². The minimum Gasteiger partial charge on any atom is -0.415 e. The van der Waals surface area contributed by atoms with Crippen LogP contribution in [-0.4, -0.2) is 51.4 Å². The summed E-state index contributed by atoms with van der Waals surface area (Å²) < 4.78 is 41.2. The van der Waals surface area contributed by atoms with Crippen molar-refractivity contribution in [2.75, 3.05) is 0 Å². The number of allylic oxidation sites excluding steroid dienone is 3. The van der Waals surface area contributed by atoms with Crippen LogP contribution in [0.3, 0.4) is 0 Å². The van der Waals surface area contributed by atoms with Gasteiger partial charge in [0.25, 0.3) is 0 Å². The minimum absolute atomic E-state index is 0.710. The van der Waals surface area contributed by atoms with Crippen molar-refractivity contribution >= 4 is 73.0 Å². The predicted molar refractivity (Wildman–Crippen MR) is 211 cm³/mol. The molecule has 2 aliphatic rings. The molecule has 0 radical (unpaired) electrons. The minimum atomic E-state index is -3.31. The van der Waals surface area contributed by atoms with E-state index in [1.807, 2.05) is 89.9 Å². The average molecular weight is 743 g/mol. The molecular weight excluding hydrogens is 697 g/mol. The maximum Gasteiger partial charge on any atom is 0.382 e. The van der Waals surface area contributed by atoms with Gasteiger partial charge in [0.2, 0.25) is 0 Å². The van der Waals surface area contributed by atoms with E-state index < -0.39 is 51.4 Å². The van der Waals surface area contributed by atoms with Crippen molar-refractivity contribution in [3.05, 3.63) is 159 Å². The Kier molecular flexibility index (Phi) is 11.1. The van der Waals surface area contributed by atoms with Gasteiger partial charge in [0.15, 0.2) is 0 Å². The number of rotatable bonds is 13. The van der Waals surface area contributed by atoms with Crippen LogP contribution >= 0.6 is 0 Å². The lowest BCUT2D eigenvalue weighted by molar-refractivity contribution is 0.229. The number of hydrogen-bond acceptors (Lipinski definition) is 6. The first-order chi connectivity index (χ1) is 22.9. The van der Waals surface area contributed by atoms with Crippen LogP contribution in [0.1, 0.15) is 5.56 Å². The average Bonchev–Trinajstić information content (AvgIpc) is 3.08. The molecule has 0 bridgehead atoms. The second-order valence-corrected chi connectivity index (χ2v) is 32.5. The van der Waals surface area contributed by atoms with Crippen molar-refractivity contribution in [2.45, 2.75) is 37.8 Å². The lowest BCUT2D eigenvalue weighted by atomic mass is 10.2. The Balaban J connectivity index is 1.46. The molecule has 4 unspecified atom stereocenters.